The van der Waals surface area contributed by atoms with Crippen LogP contribution in [0.1, 0.15) is 0 Å². The molecule has 22 rings (SSSR count). The number of fused-ring (bicyclic) bond motifs is 14. The predicted octanol–water partition coefficient (Wildman–Crippen LogP) is 25.2. The molecule has 0 N–H and O–H groups in total. The molecule has 16 aromatic carbocycles. The Morgan fingerprint density at radius 3 is 1.07 bits per heavy atom. The summed E-state index contributed by atoms with van der Waals surface area (Å²) in [4.78, 5) is 30.7. The topological polar surface area (TPSA) is 104 Å². The van der Waals surface area contributed by atoms with Crippen LogP contribution in [0.3, 0.4) is 0 Å². The summed E-state index contributed by atoms with van der Waals surface area (Å²) in [7, 11) is 0. The van der Waals surface area contributed by atoms with Gasteiger partial charge in [0.25, 0.3) is 0 Å². The first kappa shape index (κ1) is 63.2. The number of hydrogen-bond donors (Lipinski definition) is 0. The maximum atomic E-state index is 6.25. The summed E-state index contributed by atoms with van der Waals surface area (Å²) in [5.41, 5.74) is 19.1. The van der Waals surface area contributed by atoms with E-state index in [4.69, 9.17) is 38.7 Å². The van der Waals surface area contributed by atoms with E-state index in [0.29, 0.717) is 34.9 Å². The molecule has 8 nitrogen and oxygen atoms in total. The Bertz CT molecular complexity index is 7310. The molecule has 0 spiro atoms. The molecule has 10 heteroatoms. The summed E-state index contributed by atoms with van der Waals surface area (Å²) in [5.74, 6) is 3.74. The van der Waals surface area contributed by atoms with E-state index >= 15 is 0 Å². The van der Waals surface area contributed by atoms with Gasteiger partial charge in [0.2, 0.25) is 0 Å². The van der Waals surface area contributed by atoms with Crippen molar-refractivity contribution in [3.8, 4) is 113 Å². The second-order valence-electron chi connectivity index (χ2n) is 27.1. The number of para-hydroxylation sites is 2. The molecule has 0 saturated carbocycles. The third-order valence-corrected chi connectivity index (χ3v) is 26.0. The van der Waals surface area contributed by atoms with Gasteiger partial charge in [-0.3, -0.25) is 0 Å². The average Bonchev–Trinajstić information content (AvgIpc) is 1.57. The average molecular weight is 1510 g/mol. The van der Waals surface area contributed by atoms with Crippen molar-refractivity contribution in [2.45, 2.75) is 0 Å². The Morgan fingerprint density at radius 2 is 0.528 bits per heavy atom. The smallest absolute Gasteiger partial charge is 0.0615 e. The maximum absolute atomic E-state index is 6.25. The van der Waals surface area contributed by atoms with Gasteiger partial charge in [-0.05, 0) is 24.3 Å². The number of hydrogen-bond acceptors (Lipinski definition) is 8. The van der Waals surface area contributed by atoms with Crippen molar-refractivity contribution in [3.63, 3.8) is 0 Å². The fourth-order valence-corrected chi connectivity index (χ4v) is 21.1. The zero-order chi connectivity index (χ0) is 71.2. The van der Waals surface area contributed by atoms with Crippen LogP contribution >= 0.6 is 0 Å². The molecule has 0 saturated heterocycles. The molecule has 0 aliphatic rings. The zero-order valence-electron chi connectivity index (χ0n) is 57.8. The molecular formula is C98H58N6O2Se2. The Balaban J connectivity index is 0.000000138. The Kier molecular flexibility index (Phi) is 15.4. The predicted molar refractivity (Wildman–Crippen MR) is 447 cm³/mol. The molecule has 108 heavy (non-hydrogen) atoms. The minimum Gasteiger partial charge on any atom is -0.0615 e. The first-order valence-electron chi connectivity index (χ1n) is 36.0. The van der Waals surface area contributed by atoms with E-state index < -0.39 is 0 Å². The van der Waals surface area contributed by atoms with Gasteiger partial charge in [0, 0.05) is 27.3 Å². The van der Waals surface area contributed by atoms with Gasteiger partial charge in [-0.1, -0.05) is 103 Å². The zero-order valence-corrected chi connectivity index (χ0v) is 61.2. The van der Waals surface area contributed by atoms with Crippen LogP contribution in [0.25, 0.3) is 217 Å². The van der Waals surface area contributed by atoms with Crippen LogP contribution in [0.4, 0.5) is 0 Å². The first-order chi connectivity index (χ1) is 53.5. The minimum atomic E-state index is 0.169. The minimum absolute atomic E-state index is 0.169. The Hall–Kier alpha value is -13.3. The number of furan rings is 2. The van der Waals surface area contributed by atoms with Crippen LogP contribution in [0.2, 0.25) is 0 Å². The van der Waals surface area contributed by atoms with Crippen molar-refractivity contribution >= 4 is 133 Å². The van der Waals surface area contributed by atoms with Crippen molar-refractivity contribution in [2.75, 3.05) is 0 Å². The van der Waals surface area contributed by atoms with E-state index in [1.807, 2.05) is 121 Å². The molecule has 0 amide bonds. The summed E-state index contributed by atoms with van der Waals surface area (Å²) >= 11 is 0.421. The Morgan fingerprint density at radius 1 is 0.185 bits per heavy atom. The van der Waals surface area contributed by atoms with E-state index in [9.17, 15) is 0 Å². The van der Waals surface area contributed by atoms with Crippen molar-refractivity contribution < 1.29 is 8.83 Å². The van der Waals surface area contributed by atoms with Crippen molar-refractivity contribution in [2.24, 2.45) is 0 Å². The molecule has 0 aliphatic carbocycles. The molecule has 0 fully saturated rings. The molecule has 0 unspecified atom stereocenters. The van der Waals surface area contributed by atoms with Gasteiger partial charge in [0.1, 0.15) is 22.3 Å². The van der Waals surface area contributed by atoms with Crippen molar-refractivity contribution in [1.82, 2.24) is 29.9 Å². The van der Waals surface area contributed by atoms with Crippen LogP contribution in [-0.2, 0) is 0 Å². The first-order valence-corrected chi connectivity index (χ1v) is 39.5. The second-order valence-corrected chi connectivity index (χ2v) is 31.4. The summed E-state index contributed by atoms with van der Waals surface area (Å²) in [6.07, 6.45) is 0. The van der Waals surface area contributed by atoms with Crippen LogP contribution in [0, 0.1) is 0 Å². The van der Waals surface area contributed by atoms with E-state index in [0.717, 1.165) is 93.4 Å². The fourth-order valence-electron chi connectivity index (χ4n) is 15.6. The second kappa shape index (κ2) is 26.4. The van der Waals surface area contributed by atoms with Crippen molar-refractivity contribution in [3.05, 3.63) is 352 Å². The summed E-state index contributed by atoms with van der Waals surface area (Å²) in [6.45, 7) is 0. The number of rotatable bonds is 10. The van der Waals surface area contributed by atoms with E-state index in [1.165, 1.54) is 88.5 Å². The molecule has 22 aromatic rings. The molecular weight excluding hydrogens is 1450 g/mol. The monoisotopic (exact) mass is 1510 g/mol. The molecule has 0 radical (unpaired) electrons. The summed E-state index contributed by atoms with van der Waals surface area (Å²) in [6, 6.07) is 124. The van der Waals surface area contributed by atoms with Crippen molar-refractivity contribution in [1.29, 1.82) is 0 Å². The van der Waals surface area contributed by atoms with Gasteiger partial charge in [-0.25, -0.2) is 4.98 Å². The van der Waals surface area contributed by atoms with Gasteiger partial charge < -0.3 is 8.83 Å². The summed E-state index contributed by atoms with van der Waals surface area (Å²) in [5, 5.41) is 14.0. The van der Waals surface area contributed by atoms with Gasteiger partial charge in [0.05, 0.1) is 0 Å². The molecule has 504 valence electrons. The fraction of sp³-hybridized carbons (Fsp3) is 0. The molecule has 0 aliphatic heterocycles. The van der Waals surface area contributed by atoms with Gasteiger partial charge in [0.15, 0.2) is 0 Å². The van der Waals surface area contributed by atoms with Crippen LogP contribution in [-0.4, -0.2) is 58.9 Å². The van der Waals surface area contributed by atoms with E-state index in [-0.39, 0.29) is 29.0 Å². The van der Waals surface area contributed by atoms with Gasteiger partial charge in [-0.2, -0.15) is 0 Å². The third kappa shape index (κ3) is 11.0. The van der Waals surface area contributed by atoms with Crippen LogP contribution in [0.5, 0.6) is 0 Å². The molecule has 0 bridgehead atoms. The van der Waals surface area contributed by atoms with Crippen LogP contribution < -0.4 is 0 Å². The molecule has 0 atom stereocenters. The van der Waals surface area contributed by atoms with E-state index in [1.54, 1.807) is 0 Å². The third-order valence-electron chi connectivity index (χ3n) is 20.7. The Labute approximate surface area is 631 Å². The number of benzene rings is 16. The number of aromatic nitrogens is 6. The summed E-state index contributed by atoms with van der Waals surface area (Å²) < 4.78 is 18.3. The molecule has 6 heterocycles. The SMILES string of the molecule is c1ccc(-c2nc(-c3ccc4c(-c5ccc6[se]c7c(-c8ccccc8)cccc7c6c5)cccc4c3)nc(-c3cccc4oc5ccccc5c34)n2)cc1.c1ccc(-c2nc(-c3cccc4cc(-c5cccc6c5[se]c5c(-c7ccccc7)cccc56)ccc34)nc(-c3cccc4oc5ccccc5c34)n2)cc1. The standard InChI is InChI=1S/2C49H29N3OSe/c1-3-13-30(14-4-1)35-19-10-21-37-38-22-11-20-36(46(38)54-45(35)37)33-27-28-34-32(29-33)17-9-23-39(34)48-50-47(31-15-5-2-6-16-31)51-49(52-48)41-24-12-26-43-44(41)40-18-7-8-25-42(40)53-43;1-3-12-30(13-4-1)37-19-10-20-38-41-29-33(25-27-44(41)54-46(37)38)35-18-9-16-32-28-34(24-26-36(32)35)48-50-47(31-14-5-2-6-15-31)51-49(52-48)40-21-11-23-43-45(40)39-17-7-8-22-42(39)53-43/h2*1-29H. The van der Waals surface area contributed by atoms with Crippen LogP contribution in [0.15, 0.2) is 361 Å². The van der Waals surface area contributed by atoms with E-state index in [2.05, 4.69) is 231 Å². The normalized spacial score (nSPS) is 11.7. The van der Waals surface area contributed by atoms with Gasteiger partial charge >= 0.3 is 446 Å². The number of nitrogens with zero attached hydrogens (tertiary/aromatic N) is 6. The quantitative estimate of drug-likeness (QED) is 0.125. The van der Waals surface area contributed by atoms with Gasteiger partial charge in [-0.15, -0.1) is 0 Å². The molecule has 6 aromatic heterocycles.